The van der Waals surface area contributed by atoms with Crippen LogP contribution >= 0.6 is 0 Å². The van der Waals surface area contributed by atoms with E-state index in [1.807, 2.05) is 31.3 Å². The van der Waals surface area contributed by atoms with Gasteiger partial charge in [-0.05, 0) is 49.1 Å². The average molecular weight is 380 g/mol. The first-order valence-electron chi connectivity index (χ1n) is 9.52. The molecule has 2 aliphatic rings. The van der Waals surface area contributed by atoms with E-state index < -0.39 is 10.0 Å². The lowest BCUT2D eigenvalue weighted by Crippen LogP contribution is -2.41. The molecule has 1 aromatic carbocycles. The molecule has 3 unspecified atom stereocenters. The maximum absolute atomic E-state index is 12.3. The van der Waals surface area contributed by atoms with E-state index in [1.165, 1.54) is 0 Å². The van der Waals surface area contributed by atoms with Gasteiger partial charge >= 0.3 is 0 Å². The zero-order valence-corrected chi connectivity index (χ0v) is 16.4. The van der Waals surface area contributed by atoms with E-state index in [4.69, 9.17) is 4.74 Å². The number of hydrogen-bond donors (Lipinski definition) is 1. The van der Waals surface area contributed by atoms with Gasteiger partial charge in [0.2, 0.25) is 10.0 Å². The lowest BCUT2D eigenvalue weighted by Gasteiger charge is -2.30. The summed E-state index contributed by atoms with van der Waals surface area (Å²) in [6.07, 6.45) is 7.45. The van der Waals surface area contributed by atoms with Gasteiger partial charge in [0.15, 0.2) is 0 Å². The van der Waals surface area contributed by atoms with Crippen molar-refractivity contribution in [2.45, 2.75) is 56.9 Å². The van der Waals surface area contributed by atoms with Crippen LogP contribution in [0.1, 0.15) is 51.0 Å². The molecule has 1 saturated carbocycles. The van der Waals surface area contributed by atoms with Crippen molar-refractivity contribution in [3.63, 3.8) is 0 Å². The number of unbranched alkanes of at least 4 members (excludes halogenated alkanes) is 1. The third kappa shape index (κ3) is 4.38. The molecule has 3 rings (SSSR count). The Balaban J connectivity index is 1.61. The van der Waals surface area contributed by atoms with E-state index in [0.29, 0.717) is 0 Å². The smallest absolute Gasteiger partial charge is 0.216 e. The topological polar surface area (TPSA) is 71.0 Å². The first kappa shape index (κ1) is 19.2. The summed E-state index contributed by atoms with van der Waals surface area (Å²) in [4.78, 5) is 0. The highest BCUT2D eigenvalue weighted by atomic mass is 32.2. The van der Waals surface area contributed by atoms with Crippen LogP contribution in [0.5, 0.6) is 5.75 Å². The number of ether oxygens (including phenoxy) is 1. The van der Waals surface area contributed by atoms with E-state index in [2.05, 4.69) is 16.7 Å². The van der Waals surface area contributed by atoms with Gasteiger partial charge in [-0.1, -0.05) is 26.2 Å². The Morgan fingerprint density at radius 1 is 1.27 bits per heavy atom. The molecule has 0 amide bonds. The molecule has 1 aliphatic heterocycles. The van der Waals surface area contributed by atoms with Crippen molar-refractivity contribution in [1.29, 1.82) is 0 Å². The molecular formula is C19H29N3O3S. The largest absolute Gasteiger partial charge is 0.494 e. The molecule has 0 aromatic heterocycles. The summed E-state index contributed by atoms with van der Waals surface area (Å²) in [5.74, 6) is 0.975. The van der Waals surface area contributed by atoms with Crippen LogP contribution in [-0.2, 0) is 10.0 Å². The predicted molar refractivity (Wildman–Crippen MR) is 104 cm³/mol. The van der Waals surface area contributed by atoms with Gasteiger partial charge in [0, 0.05) is 13.0 Å². The molecule has 0 radical (unpaired) electrons. The molecule has 1 heterocycles. The maximum Gasteiger partial charge on any atom is 0.216 e. The fourth-order valence-corrected chi connectivity index (χ4v) is 5.84. The first-order valence-corrected chi connectivity index (χ1v) is 11.1. The molecule has 0 bridgehead atoms. The summed E-state index contributed by atoms with van der Waals surface area (Å²) in [6.45, 7) is 2.87. The van der Waals surface area contributed by atoms with Crippen molar-refractivity contribution in [2.24, 2.45) is 11.0 Å². The fourth-order valence-electron chi connectivity index (χ4n) is 3.78. The minimum Gasteiger partial charge on any atom is -0.494 e. The van der Waals surface area contributed by atoms with Gasteiger partial charge < -0.3 is 4.74 Å². The lowest BCUT2D eigenvalue weighted by molar-refractivity contribution is 0.161. The number of rotatable bonds is 7. The van der Waals surface area contributed by atoms with Gasteiger partial charge in [0.25, 0.3) is 0 Å². The molecule has 6 nitrogen and oxygen atoms in total. The minimum absolute atomic E-state index is 0.116. The van der Waals surface area contributed by atoms with Crippen LogP contribution in [0, 0.1) is 5.92 Å². The van der Waals surface area contributed by atoms with E-state index in [-0.39, 0.29) is 17.3 Å². The Morgan fingerprint density at radius 2 is 2.00 bits per heavy atom. The molecule has 3 atom stereocenters. The Morgan fingerprint density at radius 3 is 2.73 bits per heavy atom. The van der Waals surface area contributed by atoms with Crippen molar-refractivity contribution >= 4 is 16.2 Å². The maximum atomic E-state index is 12.3. The Labute approximate surface area is 156 Å². The Hall–Kier alpha value is -1.60. The summed E-state index contributed by atoms with van der Waals surface area (Å²) in [6, 6.07) is 7.79. The van der Waals surface area contributed by atoms with Gasteiger partial charge in [-0.2, -0.15) is 9.82 Å². The van der Waals surface area contributed by atoms with Crippen LogP contribution in [0.25, 0.3) is 0 Å². The molecule has 26 heavy (non-hydrogen) atoms. The molecule has 0 spiro atoms. The second kappa shape index (κ2) is 8.39. The van der Waals surface area contributed by atoms with Crippen molar-refractivity contribution in [2.75, 3.05) is 13.7 Å². The van der Waals surface area contributed by atoms with E-state index in [1.54, 1.807) is 11.2 Å². The summed E-state index contributed by atoms with van der Waals surface area (Å²) in [5.41, 5.74) is 0.959. The molecule has 1 aromatic rings. The van der Waals surface area contributed by atoms with Gasteiger partial charge in [-0.15, -0.1) is 0 Å². The zero-order valence-electron chi connectivity index (χ0n) is 15.6. The number of benzene rings is 1. The molecular weight excluding hydrogens is 350 g/mol. The van der Waals surface area contributed by atoms with Gasteiger partial charge in [0.1, 0.15) is 11.9 Å². The van der Waals surface area contributed by atoms with Crippen molar-refractivity contribution < 1.29 is 13.2 Å². The molecule has 1 N–H and O–H groups in total. The third-order valence-corrected chi connectivity index (χ3v) is 7.23. The zero-order chi connectivity index (χ0) is 18.6. The fraction of sp³-hybridized carbons (Fsp3) is 0.632. The summed E-state index contributed by atoms with van der Waals surface area (Å²) >= 11 is 0. The predicted octanol–water partition coefficient (Wildman–Crippen LogP) is 2.95. The summed E-state index contributed by atoms with van der Waals surface area (Å²) in [7, 11) is -1.39. The van der Waals surface area contributed by atoms with Crippen LogP contribution in [-0.4, -0.2) is 44.7 Å². The number of hydrogen-bond acceptors (Lipinski definition) is 5. The molecule has 7 heteroatoms. The van der Waals surface area contributed by atoms with E-state index in [9.17, 15) is 8.42 Å². The monoisotopic (exact) mass is 379 g/mol. The van der Waals surface area contributed by atoms with Gasteiger partial charge in [-0.3, -0.25) is 5.01 Å². The average Bonchev–Trinajstić information content (AvgIpc) is 2.93. The Bertz CT molecular complexity index is 718. The molecule has 2 fully saturated rings. The highest BCUT2D eigenvalue weighted by Gasteiger charge is 2.49. The van der Waals surface area contributed by atoms with Crippen LogP contribution < -0.4 is 9.46 Å². The second-order valence-corrected chi connectivity index (χ2v) is 9.11. The minimum atomic E-state index is -3.22. The van der Waals surface area contributed by atoms with E-state index >= 15 is 0 Å². The molecule has 1 saturated heterocycles. The van der Waals surface area contributed by atoms with E-state index in [0.717, 1.165) is 56.4 Å². The van der Waals surface area contributed by atoms with Crippen LogP contribution in [0.15, 0.2) is 29.4 Å². The highest BCUT2D eigenvalue weighted by molar-refractivity contribution is 7.90. The van der Waals surface area contributed by atoms with Crippen molar-refractivity contribution in [3.8, 4) is 5.75 Å². The highest BCUT2D eigenvalue weighted by Crippen LogP contribution is 2.37. The molecule has 1 aliphatic carbocycles. The standard InChI is InChI=1S/C19H29N3O3S/c1-3-4-13-25-16-11-9-15(10-12-16)14-20-22(2)19-17-7-5-6-8-18(17)26(23,24)21-19/h9-12,14,17-19,21H,3-8,13H2,1-2H3/b20-14+. The van der Waals surface area contributed by atoms with Crippen LogP contribution in [0.3, 0.4) is 0 Å². The molecule has 144 valence electrons. The quantitative estimate of drug-likeness (QED) is 0.449. The second-order valence-electron chi connectivity index (χ2n) is 7.18. The normalized spacial score (nSPS) is 27.4. The first-order chi connectivity index (χ1) is 12.5. The van der Waals surface area contributed by atoms with Crippen molar-refractivity contribution in [1.82, 2.24) is 9.73 Å². The van der Waals surface area contributed by atoms with Gasteiger partial charge in [0.05, 0.1) is 18.1 Å². The SMILES string of the molecule is CCCCOc1ccc(/C=N/N(C)C2NS(=O)(=O)C3CCCCC23)cc1. The number of sulfonamides is 1. The van der Waals surface area contributed by atoms with Crippen LogP contribution in [0.2, 0.25) is 0 Å². The number of nitrogens with one attached hydrogen (secondary N) is 1. The Kier molecular flexibility index (Phi) is 6.19. The van der Waals surface area contributed by atoms with Crippen LogP contribution in [0.4, 0.5) is 0 Å². The summed E-state index contributed by atoms with van der Waals surface area (Å²) in [5, 5.41) is 5.96. The lowest BCUT2D eigenvalue weighted by atomic mass is 9.86. The number of fused-ring (bicyclic) bond motifs is 1. The third-order valence-electron chi connectivity index (χ3n) is 5.28. The van der Waals surface area contributed by atoms with Crippen molar-refractivity contribution in [3.05, 3.63) is 29.8 Å². The number of hydrazone groups is 1. The van der Waals surface area contributed by atoms with Gasteiger partial charge in [-0.25, -0.2) is 8.42 Å². The number of nitrogens with zero attached hydrogens (tertiary/aromatic N) is 2. The summed E-state index contributed by atoms with van der Waals surface area (Å²) < 4.78 is 33.1.